The second-order valence-electron chi connectivity index (χ2n) is 6.03. The molecular formula is C20H20N4O3S. The van der Waals surface area contributed by atoms with Crippen LogP contribution in [-0.2, 0) is 11.3 Å². The number of carbonyl (C=O) groups excluding carboxylic acids is 2. The summed E-state index contributed by atoms with van der Waals surface area (Å²) >= 11 is 1.37. The summed E-state index contributed by atoms with van der Waals surface area (Å²) < 4.78 is 1.28. The molecule has 0 aliphatic heterocycles. The topological polar surface area (TPSA) is 93.1 Å². The van der Waals surface area contributed by atoms with Crippen molar-refractivity contribution in [1.29, 1.82) is 0 Å². The zero-order chi connectivity index (χ0) is 19.9. The van der Waals surface area contributed by atoms with E-state index in [1.165, 1.54) is 16.4 Å². The number of rotatable bonds is 6. The van der Waals surface area contributed by atoms with Gasteiger partial charge in [0.25, 0.3) is 11.5 Å². The maximum absolute atomic E-state index is 12.6. The number of hydrogen-bond acceptors (Lipinski definition) is 5. The van der Waals surface area contributed by atoms with Crippen molar-refractivity contribution in [2.24, 2.45) is 0 Å². The largest absolute Gasteiger partial charge is 0.290 e. The van der Waals surface area contributed by atoms with E-state index in [4.69, 9.17) is 0 Å². The third-order valence-electron chi connectivity index (χ3n) is 3.95. The SMILES string of the molecule is CCCn1nc(C(=O)NNC(=O)CSc2ccccc2)c2ccccc2c1=O. The van der Waals surface area contributed by atoms with Crippen LogP contribution in [0.15, 0.2) is 64.3 Å². The van der Waals surface area contributed by atoms with Crippen LogP contribution in [0, 0.1) is 0 Å². The lowest BCUT2D eigenvalue weighted by Gasteiger charge is -2.11. The Hall–Kier alpha value is -3.13. The van der Waals surface area contributed by atoms with E-state index >= 15 is 0 Å². The molecule has 0 unspecified atom stereocenters. The number of hydrogen-bond donors (Lipinski definition) is 2. The molecule has 2 aromatic carbocycles. The number of amides is 2. The smallest absolute Gasteiger partial charge is 0.272 e. The highest BCUT2D eigenvalue weighted by atomic mass is 32.2. The first-order valence-corrected chi connectivity index (χ1v) is 9.85. The van der Waals surface area contributed by atoms with E-state index in [9.17, 15) is 14.4 Å². The molecule has 3 rings (SSSR count). The third kappa shape index (κ3) is 4.58. The number of aromatic nitrogens is 2. The maximum Gasteiger partial charge on any atom is 0.290 e. The van der Waals surface area contributed by atoms with Gasteiger partial charge in [0.15, 0.2) is 5.69 Å². The van der Waals surface area contributed by atoms with E-state index in [0.29, 0.717) is 23.7 Å². The van der Waals surface area contributed by atoms with Crippen molar-refractivity contribution < 1.29 is 9.59 Å². The minimum Gasteiger partial charge on any atom is -0.272 e. The predicted molar refractivity (Wildman–Crippen MR) is 109 cm³/mol. The first-order chi connectivity index (χ1) is 13.6. The minimum absolute atomic E-state index is 0.0969. The van der Waals surface area contributed by atoms with Crippen LogP contribution in [0.1, 0.15) is 23.8 Å². The van der Waals surface area contributed by atoms with Crippen LogP contribution in [0.4, 0.5) is 0 Å². The predicted octanol–water partition coefficient (Wildman–Crippen LogP) is 2.36. The Kier molecular flexibility index (Phi) is 6.44. The molecule has 0 radical (unpaired) electrons. The summed E-state index contributed by atoms with van der Waals surface area (Å²) in [6.45, 7) is 2.33. The van der Waals surface area contributed by atoms with Crippen LogP contribution in [0.25, 0.3) is 10.8 Å². The number of carbonyl (C=O) groups is 2. The number of nitrogens with zero attached hydrogens (tertiary/aromatic N) is 2. The average molecular weight is 396 g/mol. The fraction of sp³-hybridized carbons (Fsp3) is 0.200. The Morgan fingerprint density at radius 3 is 2.39 bits per heavy atom. The van der Waals surface area contributed by atoms with Crippen molar-refractivity contribution in [3.63, 3.8) is 0 Å². The van der Waals surface area contributed by atoms with Crippen LogP contribution >= 0.6 is 11.8 Å². The molecular weight excluding hydrogens is 376 g/mol. The Morgan fingerprint density at radius 1 is 1.00 bits per heavy atom. The molecule has 2 amide bonds. The van der Waals surface area contributed by atoms with Gasteiger partial charge in [-0.15, -0.1) is 11.8 Å². The zero-order valence-corrected chi connectivity index (χ0v) is 16.2. The Morgan fingerprint density at radius 2 is 1.68 bits per heavy atom. The third-order valence-corrected chi connectivity index (χ3v) is 4.96. The number of benzene rings is 2. The molecule has 0 aliphatic rings. The minimum atomic E-state index is -0.570. The van der Waals surface area contributed by atoms with E-state index in [2.05, 4.69) is 16.0 Å². The molecule has 2 N–H and O–H groups in total. The van der Waals surface area contributed by atoms with Crippen molar-refractivity contribution in [3.05, 3.63) is 70.6 Å². The summed E-state index contributed by atoms with van der Waals surface area (Å²) in [6, 6.07) is 16.3. The number of thioether (sulfide) groups is 1. The summed E-state index contributed by atoms with van der Waals surface area (Å²) in [5, 5.41) is 5.07. The van der Waals surface area contributed by atoms with Gasteiger partial charge < -0.3 is 0 Å². The number of aryl methyl sites for hydroxylation is 1. The van der Waals surface area contributed by atoms with Gasteiger partial charge in [-0.25, -0.2) is 4.68 Å². The van der Waals surface area contributed by atoms with Gasteiger partial charge in [-0.1, -0.05) is 43.3 Å². The highest BCUT2D eigenvalue weighted by Gasteiger charge is 2.17. The van der Waals surface area contributed by atoms with Crippen LogP contribution in [0.5, 0.6) is 0 Å². The fourth-order valence-corrected chi connectivity index (χ4v) is 3.37. The van der Waals surface area contributed by atoms with Crippen molar-refractivity contribution in [2.75, 3.05) is 5.75 Å². The van der Waals surface area contributed by atoms with Gasteiger partial charge in [-0.05, 0) is 24.6 Å². The number of nitrogens with one attached hydrogen (secondary N) is 2. The summed E-state index contributed by atoms with van der Waals surface area (Å²) in [5.41, 5.74) is 4.64. The number of fused-ring (bicyclic) bond motifs is 1. The lowest BCUT2D eigenvalue weighted by molar-refractivity contribution is -0.119. The summed E-state index contributed by atoms with van der Waals surface area (Å²) in [5.74, 6) is -0.749. The monoisotopic (exact) mass is 396 g/mol. The van der Waals surface area contributed by atoms with Crippen LogP contribution in [0.3, 0.4) is 0 Å². The molecule has 7 nitrogen and oxygen atoms in total. The Bertz CT molecular complexity index is 1050. The molecule has 8 heteroatoms. The van der Waals surface area contributed by atoms with Crippen molar-refractivity contribution >= 4 is 34.3 Å². The van der Waals surface area contributed by atoms with Crippen molar-refractivity contribution in [3.8, 4) is 0 Å². The molecule has 1 heterocycles. The lowest BCUT2D eigenvalue weighted by Crippen LogP contribution is -2.43. The zero-order valence-electron chi connectivity index (χ0n) is 15.3. The van der Waals surface area contributed by atoms with E-state index in [1.54, 1.807) is 24.3 Å². The Labute approximate surface area is 166 Å². The van der Waals surface area contributed by atoms with Gasteiger partial charge in [0, 0.05) is 16.8 Å². The van der Waals surface area contributed by atoms with Crippen LogP contribution in [-0.4, -0.2) is 27.3 Å². The highest BCUT2D eigenvalue weighted by molar-refractivity contribution is 8.00. The first kappa shape index (κ1) is 19.6. The highest BCUT2D eigenvalue weighted by Crippen LogP contribution is 2.16. The molecule has 144 valence electrons. The normalized spacial score (nSPS) is 10.6. The number of hydrazine groups is 1. The van der Waals surface area contributed by atoms with Crippen molar-refractivity contribution in [2.45, 2.75) is 24.8 Å². The molecule has 28 heavy (non-hydrogen) atoms. The van der Waals surface area contributed by atoms with Crippen molar-refractivity contribution in [1.82, 2.24) is 20.6 Å². The second-order valence-corrected chi connectivity index (χ2v) is 7.08. The summed E-state index contributed by atoms with van der Waals surface area (Å²) in [6.07, 6.45) is 0.708. The fourth-order valence-electron chi connectivity index (χ4n) is 2.65. The molecule has 0 spiro atoms. The molecule has 0 aliphatic carbocycles. The molecule has 0 bridgehead atoms. The lowest BCUT2D eigenvalue weighted by atomic mass is 10.1. The first-order valence-electron chi connectivity index (χ1n) is 8.87. The van der Waals surface area contributed by atoms with Gasteiger partial charge in [-0.3, -0.25) is 25.2 Å². The summed E-state index contributed by atoms with van der Waals surface area (Å²) in [7, 11) is 0. The van der Waals surface area contributed by atoms with Gasteiger partial charge in [0.05, 0.1) is 11.1 Å². The average Bonchev–Trinajstić information content (AvgIpc) is 2.73. The van der Waals surface area contributed by atoms with Gasteiger partial charge >= 0.3 is 0 Å². The van der Waals surface area contributed by atoms with E-state index in [-0.39, 0.29) is 22.9 Å². The molecule has 0 fully saturated rings. The maximum atomic E-state index is 12.6. The second kappa shape index (κ2) is 9.18. The standard InChI is InChI=1S/C20H20N4O3S/c1-2-12-24-20(27)16-11-7-6-10-15(16)18(23-24)19(26)22-21-17(25)13-28-14-8-4-3-5-9-14/h3-11H,2,12-13H2,1H3,(H,21,25)(H,22,26). The van der Waals surface area contributed by atoms with Gasteiger partial charge in [-0.2, -0.15) is 5.10 Å². The van der Waals surface area contributed by atoms with E-state index in [0.717, 1.165) is 4.90 Å². The van der Waals surface area contributed by atoms with Gasteiger partial charge in [0.2, 0.25) is 5.91 Å². The van der Waals surface area contributed by atoms with E-state index < -0.39 is 5.91 Å². The molecule has 1 aromatic heterocycles. The Balaban J connectivity index is 1.71. The quantitative estimate of drug-likeness (QED) is 0.493. The van der Waals surface area contributed by atoms with E-state index in [1.807, 2.05) is 37.3 Å². The van der Waals surface area contributed by atoms with Crippen LogP contribution < -0.4 is 16.4 Å². The van der Waals surface area contributed by atoms with Gasteiger partial charge in [0.1, 0.15) is 0 Å². The molecule has 0 saturated carbocycles. The molecule has 3 aromatic rings. The molecule has 0 atom stereocenters. The summed E-state index contributed by atoms with van der Waals surface area (Å²) in [4.78, 5) is 38.0. The van der Waals surface area contributed by atoms with Crippen LogP contribution in [0.2, 0.25) is 0 Å². The molecule has 0 saturated heterocycles.